The molecule has 1 heterocycles. The first-order valence-electron chi connectivity index (χ1n) is 8.66. The summed E-state index contributed by atoms with van der Waals surface area (Å²) in [5.41, 5.74) is -0.192. The second kappa shape index (κ2) is 9.10. The van der Waals surface area contributed by atoms with Gasteiger partial charge in [0.1, 0.15) is 22.3 Å². The first-order valence-corrected chi connectivity index (χ1v) is 11.0. The van der Waals surface area contributed by atoms with E-state index in [4.69, 9.17) is 4.74 Å². The number of halogens is 1. The second-order valence-electron chi connectivity index (χ2n) is 6.11. The van der Waals surface area contributed by atoms with E-state index in [1.807, 2.05) is 0 Å². The van der Waals surface area contributed by atoms with Crippen LogP contribution in [0.2, 0.25) is 0 Å². The molecule has 1 amide bonds. The number of carbonyl (C=O) groups is 1. The summed E-state index contributed by atoms with van der Waals surface area (Å²) >= 11 is 0.968. The van der Waals surface area contributed by atoms with Crippen LogP contribution < -0.4 is 14.4 Å². The fraction of sp³-hybridized carbons (Fsp3) is 0.105. The fourth-order valence-corrected chi connectivity index (χ4v) is 5.19. The minimum absolute atomic E-state index is 0.00226. The molecule has 0 spiro atoms. The number of rotatable bonds is 8. The average molecular weight is 465 g/mol. The number of non-ortho nitro benzene ring substituents is 1. The highest BCUT2D eigenvalue weighted by Crippen LogP contribution is 2.30. The molecule has 1 N–H and O–H groups in total. The Morgan fingerprint density at radius 1 is 1.23 bits per heavy atom. The molecule has 3 aromatic rings. The Balaban J connectivity index is 1.93. The van der Waals surface area contributed by atoms with E-state index >= 15 is 0 Å². The first-order chi connectivity index (χ1) is 14.7. The highest BCUT2D eigenvalue weighted by molar-refractivity contribution is 7.94. The quantitative estimate of drug-likeness (QED) is 0.401. The third-order valence-corrected chi connectivity index (χ3v) is 7.26. The molecule has 0 radical (unpaired) electrons. The molecule has 0 atom stereocenters. The van der Waals surface area contributed by atoms with Crippen molar-refractivity contribution in [3.05, 3.63) is 75.9 Å². The molecule has 31 heavy (non-hydrogen) atoms. The van der Waals surface area contributed by atoms with Gasteiger partial charge in [0.25, 0.3) is 15.7 Å². The van der Waals surface area contributed by atoms with Crippen molar-refractivity contribution in [3.63, 3.8) is 0 Å². The van der Waals surface area contributed by atoms with Gasteiger partial charge < -0.3 is 10.1 Å². The van der Waals surface area contributed by atoms with Crippen LogP contribution in [0.3, 0.4) is 0 Å². The van der Waals surface area contributed by atoms with Crippen LogP contribution in [0.25, 0.3) is 0 Å². The van der Waals surface area contributed by atoms with Crippen molar-refractivity contribution in [1.29, 1.82) is 0 Å². The lowest BCUT2D eigenvalue weighted by Gasteiger charge is -2.23. The van der Waals surface area contributed by atoms with Gasteiger partial charge in [-0.2, -0.15) is 0 Å². The number of thiophene rings is 1. The van der Waals surface area contributed by atoms with Gasteiger partial charge in [-0.15, -0.1) is 11.3 Å². The number of amides is 1. The molecule has 2 aromatic carbocycles. The number of hydrogen-bond acceptors (Lipinski definition) is 7. The highest BCUT2D eigenvalue weighted by Gasteiger charge is 2.28. The van der Waals surface area contributed by atoms with Crippen molar-refractivity contribution >= 4 is 44.3 Å². The minimum Gasteiger partial charge on any atom is -0.495 e. The van der Waals surface area contributed by atoms with Crippen molar-refractivity contribution in [3.8, 4) is 5.75 Å². The molecule has 3 rings (SSSR count). The Kier molecular flexibility index (Phi) is 6.51. The van der Waals surface area contributed by atoms with E-state index < -0.39 is 33.2 Å². The molecule has 0 fully saturated rings. The zero-order valence-corrected chi connectivity index (χ0v) is 17.7. The van der Waals surface area contributed by atoms with E-state index in [0.717, 1.165) is 33.8 Å². The zero-order chi connectivity index (χ0) is 22.6. The van der Waals surface area contributed by atoms with Gasteiger partial charge in [0, 0.05) is 12.1 Å². The van der Waals surface area contributed by atoms with E-state index in [1.165, 1.54) is 37.4 Å². The molecule has 0 unspecified atom stereocenters. The zero-order valence-electron chi connectivity index (χ0n) is 16.0. The number of sulfonamides is 1. The Labute approximate surface area is 180 Å². The number of carbonyl (C=O) groups excluding carboxylic acids is 1. The van der Waals surface area contributed by atoms with E-state index in [1.54, 1.807) is 11.4 Å². The summed E-state index contributed by atoms with van der Waals surface area (Å²) in [6.45, 7) is -0.655. The Morgan fingerprint density at radius 2 is 1.94 bits per heavy atom. The second-order valence-corrected chi connectivity index (χ2v) is 9.15. The van der Waals surface area contributed by atoms with Crippen LogP contribution >= 0.6 is 11.3 Å². The lowest BCUT2D eigenvalue weighted by molar-refractivity contribution is -0.384. The molecule has 1 aromatic heterocycles. The largest absolute Gasteiger partial charge is 0.495 e. The lowest BCUT2D eigenvalue weighted by Crippen LogP contribution is -2.37. The van der Waals surface area contributed by atoms with Crippen molar-refractivity contribution < 1.29 is 27.3 Å². The molecule has 0 bridgehead atoms. The molecule has 0 saturated heterocycles. The van der Waals surface area contributed by atoms with Gasteiger partial charge in [-0.3, -0.25) is 19.2 Å². The fourth-order valence-electron chi connectivity index (χ4n) is 2.67. The van der Waals surface area contributed by atoms with E-state index in [2.05, 4.69) is 5.32 Å². The van der Waals surface area contributed by atoms with Gasteiger partial charge in [-0.25, -0.2) is 12.8 Å². The van der Waals surface area contributed by atoms with Crippen LogP contribution in [0.4, 0.5) is 21.5 Å². The number of nitro groups is 1. The average Bonchev–Trinajstić information content (AvgIpc) is 3.28. The standard InChI is InChI=1S/C19H16FN3O6S2/c1-29-17-9-8-15(23(25)26)11-16(17)21-18(24)12-22(14-6-4-13(20)5-7-14)31(27,28)19-3-2-10-30-19/h2-11H,12H2,1H3,(H,21,24). The summed E-state index contributed by atoms with van der Waals surface area (Å²) in [6, 6.07) is 11.2. The predicted molar refractivity (Wildman–Crippen MR) is 114 cm³/mol. The number of anilines is 2. The van der Waals surface area contributed by atoms with E-state index in [0.29, 0.717) is 0 Å². The number of nitrogens with zero attached hydrogens (tertiary/aromatic N) is 2. The maximum Gasteiger partial charge on any atom is 0.274 e. The monoisotopic (exact) mass is 465 g/mol. The van der Waals surface area contributed by atoms with Crippen LogP contribution in [0.5, 0.6) is 5.75 Å². The number of methoxy groups -OCH3 is 1. The molecule has 162 valence electrons. The normalized spacial score (nSPS) is 11.0. The first kappa shape index (κ1) is 22.2. The van der Waals surface area contributed by atoms with Crippen molar-refractivity contribution in [2.24, 2.45) is 0 Å². The Morgan fingerprint density at radius 3 is 2.52 bits per heavy atom. The van der Waals surface area contributed by atoms with Gasteiger partial charge in [0.15, 0.2) is 0 Å². The molecule has 9 nitrogen and oxygen atoms in total. The molecule has 0 aliphatic heterocycles. The van der Waals surface area contributed by atoms with Gasteiger partial charge >= 0.3 is 0 Å². The maximum absolute atomic E-state index is 13.3. The van der Waals surface area contributed by atoms with Crippen molar-refractivity contribution in [1.82, 2.24) is 0 Å². The molecule has 0 aliphatic rings. The van der Waals surface area contributed by atoms with Gasteiger partial charge in [0.05, 0.1) is 23.4 Å². The summed E-state index contributed by atoms with van der Waals surface area (Å²) in [4.78, 5) is 23.1. The number of nitro benzene ring substituents is 1. The molecular formula is C19H16FN3O6S2. The number of hydrogen-bond donors (Lipinski definition) is 1. The number of benzene rings is 2. The third-order valence-electron chi connectivity index (χ3n) is 4.11. The summed E-state index contributed by atoms with van der Waals surface area (Å²) < 4.78 is 45.4. The summed E-state index contributed by atoms with van der Waals surface area (Å²) in [5.74, 6) is -1.18. The van der Waals surface area contributed by atoms with Gasteiger partial charge in [0.2, 0.25) is 5.91 Å². The Hall–Kier alpha value is -3.51. The van der Waals surface area contributed by atoms with Crippen LogP contribution in [0.1, 0.15) is 0 Å². The van der Waals surface area contributed by atoms with Gasteiger partial charge in [-0.05, 0) is 41.8 Å². The molecule has 0 saturated carbocycles. The minimum atomic E-state index is -4.12. The van der Waals surface area contributed by atoms with E-state index in [9.17, 15) is 27.7 Å². The summed E-state index contributed by atoms with van der Waals surface area (Å²) in [7, 11) is -2.80. The Bertz CT molecular complexity index is 1200. The van der Waals surface area contributed by atoms with Crippen LogP contribution in [-0.4, -0.2) is 32.9 Å². The predicted octanol–water partition coefficient (Wildman–Crippen LogP) is 3.64. The topological polar surface area (TPSA) is 119 Å². The lowest BCUT2D eigenvalue weighted by atomic mass is 10.2. The smallest absolute Gasteiger partial charge is 0.274 e. The van der Waals surface area contributed by atoms with Crippen molar-refractivity contribution in [2.45, 2.75) is 4.21 Å². The molecular weight excluding hydrogens is 449 g/mol. The van der Waals surface area contributed by atoms with Crippen LogP contribution in [0, 0.1) is 15.9 Å². The SMILES string of the molecule is COc1ccc([N+](=O)[O-])cc1NC(=O)CN(c1ccc(F)cc1)S(=O)(=O)c1cccs1. The van der Waals surface area contributed by atoms with Crippen LogP contribution in [-0.2, 0) is 14.8 Å². The number of ether oxygens (including phenoxy) is 1. The highest BCUT2D eigenvalue weighted by atomic mass is 32.2. The maximum atomic E-state index is 13.3. The number of nitrogens with one attached hydrogen (secondary N) is 1. The molecule has 0 aliphatic carbocycles. The van der Waals surface area contributed by atoms with Crippen molar-refractivity contribution in [2.75, 3.05) is 23.3 Å². The summed E-state index contributed by atoms with van der Waals surface area (Å²) in [5, 5.41) is 15.0. The van der Waals surface area contributed by atoms with Gasteiger partial charge in [-0.1, -0.05) is 6.07 Å². The van der Waals surface area contributed by atoms with Crippen LogP contribution in [0.15, 0.2) is 64.2 Å². The summed E-state index contributed by atoms with van der Waals surface area (Å²) in [6.07, 6.45) is 0. The van der Waals surface area contributed by atoms with E-state index in [-0.39, 0.29) is 27.0 Å². The third kappa shape index (κ3) is 4.98. The molecule has 12 heteroatoms.